The first kappa shape index (κ1) is 18.1. The van der Waals surface area contributed by atoms with Crippen LogP contribution in [0.4, 0.5) is 5.82 Å². The fraction of sp³-hybridized carbons (Fsp3) is 0.304. The average Bonchev–Trinajstić information content (AvgIpc) is 3.17. The smallest absolute Gasteiger partial charge is 0.341 e. The van der Waals surface area contributed by atoms with Crippen LogP contribution < -0.4 is 5.73 Å². The Labute approximate surface area is 178 Å². The van der Waals surface area contributed by atoms with Crippen LogP contribution in [0.5, 0.6) is 0 Å². The van der Waals surface area contributed by atoms with Gasteiger partial charge in [0.25, 0.3) is 0 Å². The number of likely N-dealkylation sites (tertiary alicyclic amines) is 1. The van der Waals surface area contributed by atoms with Gasteiger partial charge in [0.1, 0.15) is 5.82 Å². The number of ether oxygens (including phenoxy) is 1. The van der Waals surface area contributed by atoms with Gasteiger partial charge in [-0.25, -0.2) is 9.48 Å². The first-order valence-electron chi connectivity index (χ1n) is 10.4. The zero-order chi connectivity index (χ0) is 21.2. The molecule has 4 heterocycles. The second kappa shape index (κ2) is 6.16. The highest BCUT2D eigenvalue weighted by Gasteiger charge is 2.57. The molecule has 3 aromatic rings. The Morgan fingerprint density at radius 3 is 2.61 bits per heavy atom. The number of pyridine rings is 1. The van der Waals surface area contributed by atoms with E-state index in [9.17, 15) is 9.59 Å². The molecule has 1 unspecified atom stereocenters. The van der Waals surface area contributed by atoms with Crippen LogP contribution in [0.1, 0.15) is 40.7 Å². The summed E-state index contributed by atoms with van der Waals surface area (Å²) < 4.78 is 7.49. The Morgan fingerprint density at radius 2 is 1.90 bits per heavy atom. The number of esters is 1. The standard InChI is InChI=1S/C23H21N5O3/c24-19-6-11-28(26-19)16-3-1-15(2-4-16)22(7-8-22)21(30)27-12-9-23(14-27)18-5-10-25-13-17(18)20(29)31-23/h1-6,10-11,13H,7-9,12,14H2,(H2,24,26). The number of nitrogens with zero attached hydrogens (tertiary/aromatic N) is 4. The van der Waals surface area contributed by atoms with Crippen molar-refractivity contribution < 1.29 is 14.3 Å². The van der Waals surface area contributed by atoms with Gasteiger partial charge in [0.05, 0.1) is 23.2 Å². The SMILES string of the molecule is Nc1ccn(-c2ccc(C3(C(=O)N4CCC5(C4)OC(=O)c4cnccc45)CC3)cc2)n1. The molecule has 1 saturated heterocycles. The van der Waals surface area contributed by atoms with Crippen LogP contribution in [-0.2, 0) is 20.5 Å². The highest BCUT2D eigenvalue weighted by molar-refractivity contribution is 5.95. The third-order valence-electron chi connectivity index (χ3n) is 6.79. The molecule has 156 valence electrons. The second-order valence-electron chi connectivity index (χ2n) is 8.60. The van der Waals surface area contributed by atoms with Crippen LogP contribution in [0, 0.1) is 0 Å². The lowest BCUT2D eigenvalue weighted by Crippen LogP contribution is -2.40. The zero-order valence-electron chi connectivity index (χ0n) is 16.8. The van der Waals surface area contributed by atoms with E-state index in [-0.39, 0.29) is 11.9 Å². The van der Waals surface area contributed by atoms with Crippen LogP contribution in [0.15, 0.2) is 55.0 Å². The Kier molecular flexibility index (Phi) is 3.60. The number of fused-ring (bicyclic) bond motifs is 2. The fourth-order valence-electron chi connectivity index (χ4n) is 4.97. The van der Waals surface area contributed by atoms with Crippen molar-refractivity contribution in [1.29, 1.82) is 0 Å². The molecule has 2 aromatic heterocycles. The Balaban J connectivity index is 1.25. The minimum atomic E-state index is -0.745. The summed E-state index contributed by atoms with van der Waals surface area (Å²) in [7, 11) is 0. The molecule has 1 amide bonds. The van der Waals surface area contributed by atoms with Gasteiger partial charge in [-0.3, -0.25) is 9.78 Å². The number of amides is 1. The lowest BCUT2D eigenvalue weighted by Gasteiger charge is -2.27. The van der Waals surface area contributed by atoms with Gasteiger partial charge < -0.3 is 15.4 Å². The Hall–Kier alpha value is -3.68. The van der Waals surface area contributed by atoms with Crippen LogP contribution >= 0.6 is 0 Å². The quantitative estimate of drug-likeness (QED) is 0.658. The van der Waals surface area contributed by atoms with E-state index in [1.165, 1.54) is 0 Å². The predicted octanol–water partition coefficient (Wildman–Crippen LogP) is 2.18. The summed E-state index contributed by atoms with van der Waals surface area (Å²) >= 11 is 0. The number of hydrogen-bond acceptors (Lipinski definition) is 6. The molecule has 3 aliphatic rings. The number of nitrogen functional groups attached to an aromatic ring is 1. The largest absolute Gasteiger partial charge is 0.449 e. The van der Waals surface area contributed by atoms with Crippen molar-refractivity contribution in [1.82, 2.24) is 19.7 Å². The molecule has 0 radical (unpaired) electrons. The van der Waals surface area contributed by atoms with Crippen molar-refractivity contribution in [3.8, 4) is 5.69 Å². The average molecular weight is 415 g/mol. The van der Waals surface area contributed by atoms with Crippen molar-refractivity contribution in [3.63, 3.8) is 0 Å². The number of aromatic nitrogens is 3. The number of rotatable bonds is 3. The summed E-state index contributed by atoms with van der Waals surface area (Å²) in [5, 5.41) is 4.23. The summed E-state index contributed by atoms with van der Waals surface area (Å²) in [6.07, 6.45) is 7.28. The maximum Gasteiger partial charge on any atom is 0.341 e. The first-order valence-corrected chi connectivity index (χ1v) is 10.4. The van der Waals surface area contributed by atoms with Gasteiger partial charge in [-0.1, -0.05) is 12.1 Å². The van der Waals surface area contributed by atoms with Crippen molar-refractivity contribution in [2.24, 2.45) is 0 Å². The zero-order valence-corrected chi connectivity index (χ0v) is 16.8. The minimum absolute atomic E-state index is 0.110. The molecule has 1 atom stereocenters. The highest BCUT2D eigenvalue weighted by atomic mass is 16.6. The topological polar surface area (TPSA) is 103 Å². The molecule has 1 aliphatic carbocycles. The van der Waals surface area contributed by atoms with Gasteiger partial charge in [0.2, 0.25) is 5.91 Å². The van der Waals surface area contributed by atoms with Gasteiger partial charge in [-0.2, -0.15) is 5.10 Å². The molecule has 31 heavy (non-hydrogen) atoms. The van der Waals surface area contributed by atoms with Crippen molar-refractivity contribution in [2.45, 2.75) is 30.3 Å². The first-order chi connectivity index (χ1) is 15.0. The van der Waals surface area contributed by atoms with E-state index in [1.807, 2.05) is 41.4 Å². The van der Waals surface area contributed by atoms with E-state index < -0.39 is 11.0 Å². The van der Waals surface area contributed by atoms with Crippen LogP contribution in [0.25, 0.3) is 5.69 Å². The van der Waals surface area contributed by atoms with Crippen molar-refractivity contribution in [2.75, 3.05) is 18.8 Å². The van der Waals surface area contributed by atoms with E-state index >= 15 is 0 Å². The van der Waals surface area contributed by atoms with Gasteiger partial charge in [-0.05, 0) is 36.6 Å². The number of hydrogen-bond donors (Lipinski definition) is 1. The number of nitrogens with two attached hydrogens (primary N) is 1. The second-order valence-corrected chi connectivity index (χ2v) is 8.60. The number of anilines is 1. The Bertz CT molecular complexity index is 1210. The van der Waals surface area contributed by atoms with E-state index in [2.05, 4.69) is 10.1 Å². The third kappa shape index (κ3) is 2.60. The molecule has 2 aliphatic heterocycles. The number of carbonyl (C=O) groups excluding carboxylic acids is 2. The summed E-state index contributed by atoms with van der Waals surface area (Å²) in [4.78, 5) is 31.8. The summed E-state index contributed by atoms with van der Waals surface area (Å²) in [5.41, 5.74) is 7.73. The molecule has 1 spiro atoms. The van der Waals surface area contributed by atoms with E-state index in [4.69, 9.17) is 10.5 Å². The number of carbonyl (C=O) groups is 2. The maximum atomic E-state index is 13.6. The van der Waals surface area contributed by atoms with Crippen molar-refractivity contribution in [3.05, 3.63) is 71.7 Å². The molecule has 0 bridgehead atoms. The Morgan fingerprint density at radius 1 is 1.10 bits per heavy atom. The molecule has 8 nitrogen and oxygen atoms in total. The fourth-order valence-corrected chi connectivity index (χ4v) is 4.97. The van der Waals surface area contributed by atoms with Crippen LogP contribution in [-0.4, -0.2) is 44.6 Å². The molecule has 8 heteroatoms. The lowest BCUT2D eigenvalue weighted by atomic mass is 9.92. The van der Waals surface area contributed by atoms with Gasteiger partial charge in [0.15, 0.2) is 5.60 Å². The molecule has 1 aromatic carbocycles. The molecule has 2 N–H and O–H groups in total. The molecular weight excluding hydrogens is 394 g/mol. The third-order valence-corrected chi connectivity index (χ3v) is 6.79. The van der Waals surface area contributed by atoms with Gasteiger partial charge >= 0.3 is 5.97 Å². The lowest BCUT2D eigenvalue weighted by molar-refractivity contribution is -0.134. The monoisotopic (exact) mass is 415 g/mol. The van der Waals surface area contributed by atoms with Crippen LogP contribution in [0.3, 0.4) is 0 Å². The summed E-state index contributed by atoms with van der Waals surface area (Å²) in [6.45, 7) is 0.960. The van der Waals surface area contributed by atoms with Gasteiger partial charge in [0, 0.05) is 43.2 Å². The van der Waals surface area contributed by atoms with Crippen LogP contribution in [0.2, 0.25) is 0 Å². The maximum absolute atomic E-state index is 13.6. The molecule has 1 saturated carbocycles. The highest BCUT2D eigenvalue weighted by Crippen LogP contribution is 2.52. The predicted molar refractivity (Wildman–Crippen MR) is 111 cm³/mol. The molecular formula is C23H21N5O3. The molecule has 2 fully saturated rings. The minimum Gasteiger partial charge on any atom is -0.449 e. The molecule has 6 rings (SSSR count). The summed E-state index contributed by atoms with van der Waals surface area (Å²) in [6, 6.07) is 11.5. The normalized spacial score (nSPS) is 23.1. The number of benzene rings is 1. The summed E-state index contributed by atoms with van der Waals surface area (Å²) in [5.74, 6) is 0.221. The van der Waals surface area contributed by atoms with E-state index in [0.29, 0.717) is 30.9 Å². The van der Waals surface area contributed by atoms with E-state index in [1.54, 1.807) is 23.1 Å². The van der Waals surface area contributed by atoms with E-state index in [0.717, 1.165) is 29.7 Å². The van der Waals surface area contributed by atoms with Crippen molar-refractivity contribution >= 4 is 17.7 Å². The van der Waals surface area contributed by atoms with Gasteiger partial charge in [-0.15, -0.1) is 0 Å².